The van der Waals surface area contributed by atoms with Gasteiger partial charge in [-0.15, -0.1) is 0 Å². The number of rotatable bonds is 5. The van der Waals surface area contributed by atoms with Crippen LogP contribution < -0.4 is 16.0 Å². The van der Waals surface area contributed by atoms with E-state index in [4.69, 9.17) is 10.6 Å². The summed E-state index contributed by atoms with van der Waals surface area (Å²) in [6, 6.07) is 12.7. The third-order valence-corrected chi connectivity index (χ3v) is 4.12. The number of hydrogen-bond donors (Lipinski definition) is 2. The quantitative estimate of drug-likeness (QED) is 0.637. The molecule has 2 aromatic carbocycles. The van der Waals surface area contributed by atoms with Gasteiger partial charge in [-0.3, -0.25) is 11.3 Å². The van der Waals surface area contributed by atoms with Gasteiger partial charge in [-0.2, -0.15) is 0 Å². The van der Waals surface area contributed by atoms with E-state index in [1.54, 1.807) is 7.11 Å². The van der Waals surface area contributed by atoms with Crippen molar-refractivity contribution in [3.05, 3.63) is 63.1 Å². The van der Waals surface area contributed by atoms with E-state index in [9.17, 15) is 0 Å². The molecule has 21 heavy (non-hydrogen) atoms. The lowest BCUT2D eigenvalue weighted by molar-refractivity contribution is 0.412. The molecular formula is C17H21BrN2O. The zero-order chi connectivity index (χ0) is 15.4. The van der Waals surface area contributed by atoms with Gasteiger partial charge in [0.05, 0.1) is 11.6 Å². The maximum atomic E-state index is 5.76. The van der Waals surface area contributed by atoms with E-state index in [0.717, 1.165) is 16.6 Å². The monoisotopic (exact) mass is 348 g/mol. The van der Waals surface area contributed by atoms with Crippen LogP contribution in [0.5, 0.6) is 5.75 Å². The van der Waals surface area contributed by atoms with Gasteiger partial charge in [0.15, 0.2) is 0 Å². The van der Waals surface area contributed by atoms with Gasteiger partial charge in [0.25, 0.3) is 0 Å². The van der Waals surface area contributed by atoms with Crippen LogP contribution in [0, 0.1) is 13.8 Å². The van der Waals surface area contributed by atoms with Crippen molar-refractivity contribution in [2.45, 2.75) is 26.3 Å². The zero-order valence-electron chi connectivity index (χ0n) is 12.6. The Morgan fingerprint density at radius 1 is 1.14 bits per heavy atom. The van der Waals surface area contributed by atoms with Crippen molar-refractivity contribution in [2.75, 3.05) is 7.11 Å². The number of aryl methyl sites for hydroxylation is 2. The second kappa shape index (κ2) is 7.07. The Bertz CT molecular complexity index is 608. The molecule has 2 aromatic rings. The number of hydrogen-bond acceptors (Lipinski definition) is 3. The molecule has 1 atom stereocenters. The van der Waals surface area contributed by atoms with Gasteiger partial charge in [-0.1, -0.05) is 35.4 Å². The first kappa shape index (κ1) is 16.0. The van der Waals surface area contributed by atoms with Crippen molar-refractivity contribution in [3.8, 4) is 5.75 Å². The smallest absolute Gasteiger partial charge is 0.133 e. The molecule has 0 saturated heterocycles. The summed E-state index contributed by atoms with van der Waals surface area (Å²) < 4.78 is 6.22. The second-order valence-corrected chi connectivity index (χ2v) is 6.17. The molecule has 0 bridgehead atoms. The highest BCUT2D eigenvalue weighted by Crippen LogP contribution is 2.28. The Morgan fingerprint density at radius 3 is 2.33 bits per heavy atom. The molecule has 0 aromatic heterocycles. The number of hydrazine groups is 1. The van der Waals surface area contributed by atoms with E-state index in [2.05, 4.69) is 65.5 Å². The van der Waals surface area contributed by atoms with Gasteiger partial charge < -0.3 is 4.74 Å². The molecule has 0 amide bonds. The molecule has 0 radical (unpaired) electrons. The van der Waals surface area contributed by atoms with E-state index < -0.39 is 0 Å². The third kappa shape index (κ3) is 4.06. The summed E-state index contributed by atoms with van der Waals surface area (Å²) in [6.45, 7) is 4.21. The zero-order valence-corrected chi connectivity index (χ0v) is 14.2. The molecule has 2 rings (SSSR count). The summed E-state index contributed by atoms with van der Waals surface area (Å²) in [5.74, 6) is 6.60. The number of ether oxygens (including phenoxy) is 1. The topological polar surface area (TPSA) is 47.3 Å². The Hall–Kier alpha value is -1.36. The maximum Gasteiger partial charge on any atom is 0.133 e. The van der Waals surface area contributed by atoms with Crippen molar-refractivity contribution >= 4 is 15.9 Å². The van der Waals surface area contributed by atoms with Gasteiger partial charge >= 0.3 is 0 Å². The average molecular weight is 349 g/mol. The van der Waals surface area contributed by atoms with Crippen molar-refractivity contribution in [2.24, 2.45) is 5.84 Å². The van der Waals surface area contributed by atoms with Crippen molar-refractivity contribution < 1.29 is 4.74 Å². The number of benzene rings is 2. The predicted molar refractivity (Wildman–Crippen MR) is 90.4 cm³/mol. The first-order chi connectivity index (χ1) is 10.0. The predicted octanol–water partition coefficient (Wildman–Crippen LogP) is 3.82. The minimum atomic E-state index is 0.0869. The van der Waals surface area contributed by atoms with E-state index in [1.807, 2.05) is 6.07 Å². The molecule has 3 nitrogen and oxygen atoms in total. The first-order valence-corrected chi connectivity index (χ1v) is 7.69. The molecule has 0 saturated carbocycles. The first-order valence-electron chi connectivity index (χ1n) is 6.90. The van der Waals surface area contributed by atoms with Crippen LogP contribution in [0.4, 0.5) is 0 Å². The summed E-state index contributed by atoms with van der Waals surface area (Å²) in [5.41, 5.74) is 7.83. The number of halogens is 1. The van der Waals surface area contributed by atoms with Crippen LogP contribution in [0.1, 0.15) is 28.3 Å². The highest BCUT2D eigenvalue weighted by atomic mass is 79.9. The normalized spacial score (nSPS) is 12.2. The van der Waals surface area contributed by atoms with Crippen molar-refractivity contribution in [1.82, 2.24) is 5.43 Å². The Balaban J connectivity index is 2.24. The molecule has 3 N–H and O–H groups in total. The van der Waals surface area contributed by atoms with Crippen LogP contribution in [0.2, 0.25) is 0 Å². The molecule has 0 heterocycles. The highest BCUT2D eigenvalue weighted by Gasteiger charge is 2.12. The Labute approximate surface area is 134 Å². The largest absolute Gasteiger partial charge is 0.496 e. The number of nitrogens with two attached hydrogens (primary N) is 1. The molecule has 112 valence electrons. The Kier molecular flexibility index (Phi) is 5.39. The fourth-order valence-corrected chi connectivity index (χ4v) is 3.14. The molecule has 0 aliphatic heterocycles. The summed E-state index contributed by atoms with van der Waals surface area (Å²) in [4.78, 5) is 0. The average Bonchev–Trinajstić information content (AvgIpc) is 2.43. The van der Waals surface area contributed by atoms with E-state index >= 15 is 0 Å². The minimum Gasteiger partial charge on any atom is -0.496 e. The van der Waals surface area contributed by atoms with Gasteiger partial charge in [0, 0.05) is 6.04 Å². The summed E-state index contributed by atoms with van der Waals surface area (Å²) in [6.07, 6.45) is 0.821. The van der Waals surface area contributed by atoms with E-state index in [0.29, 0.717) is 0 Å². The van der Waals surface area contributed by atoms with Crippen LogP contribution in [0.15, 0.2) is 40.9 Å². The van der Waals surface area contributed by atoms with Crippen LogP contribution in [0.3, 0.4) is 0 Å². The van der Waals surface area contributed by atoms with Crippen molar-refractivity contribution in [3.63, 3.8) is 0 Å². The fourth-order valence-electron chi connectivity index (χ4n) is 2.56. The number of nitrogens with one attached hydrogen (secondary N) is 1. The SMILES string of the molecule is COc1ccc(CC(NN)c2cc(C)cc(C)c2)cc1Br. The fraction of sp³-hybridized carbons (Fsp3) is 0.294. The lowest BCUT2D eigenvalue weighted by Gasteiger charge is -2.18. The molecule has 0 fully saturated rings. The standard InChI is InChI=1S/C17H21BrN2O/c1-11-6-12(2)8-14(7-11)16(20-19)10-13-4-5-17(21-3)15(18)9-13/h4-9,16,20H,10,19H2,1-3H3. The van der Waals surface area contributed by atoms with Crippen LogP contribution in [0.25, 0.3) is 0 Å². The highest BCUT2D eigenvalue weighted by molar-refractivity contribution is 9.10. The molecule has 4 heteroatoms. The van der Waals surface area contributed by atoms with Gasteiger partial charge in [0.1, 0.15) is 5.75 Å². The molecule has 0 spiro atoms. The molecule has 0 aliphatic rings. The lowest BCUT2D eigenvalue weighted by Crippen LogP contribution is -2.29. The minimum absolute atomic E-state index is 0.0869. The lowest BCUT2D eigenvalue weighted by atomic mass is 9.96. The maximum absolute atomic E-state index is 5.76. The van der Waals surface area contributed by atoms with Crippen LogP contribution in [-0.4, -0.2) is 7.11 Å². The van der Waals surface area contributed by atoms with Gasteiger partial charge in [-0.25, -0.2) is 0 Å². The van der Waals surface area contributed by atoms with Crippen LogP contribution >= 0.6 is 15.9 Å². The third-order valence-electron chi connectivity index (χ3n) is 3.50. The van der Waals surface area contributed by atoms with Gasteiger partial charge in [0.2, 0.25) is 0 Å². The Morgan fingerprint density at radius 2 is 1.81 bits per heavy atom. The van der Waals surface area contributed by atoms with Gasteiger partial charge in [-0.05, 0) is 59.5 Å². The molecular weight excluding hydrogens is 328 g/mol. The summed E-state index contributed by atoms with van der Waals surface area (Å²) >= 11 is 3.52. The summed E-state index contributed by atoms with van der Waals surface area (Å²) in [7, 11) is 1.67. The van der Waals surface area contributed by atoms with E-state index in [-0.39, 0.29) is 6.04 Å². The van der Waals surface area contributed by atoms with Crippen LogP contribution in [-0.2, 0) is 6.42 Å². The number of methoxy groups -OCH3 is 1. The molecule has 1 unspecified atom stereocenters. The second-order valence-electron chi connectivity index (χ2n) is 5.31. The summed E-state index contributed by atoms with van der Waals surface area (Å²) in [5, 5.41) is 0. The van der Waals surface area contributed by atoms with E-state index in [1.165, 1.54) is 22.3 Å². The molecule has 0 aliphatic carbocycles. The van der Waals surface area contributed by atoms with Crippen molar-refractivity contribution in [1.29, 1.82) is 0 Å².